The van der Waals surface area contributed by atoms with Crippen molar-refractivity contribution in [2.24, 2.45) is 0 Å². The first-order chi connectivity index (χ1) is 14.3. The van der Waals surface area contributed by atoms with E-state index in [9.17, 15) is 35.4 Å². The van der Waals surface area contributed by atoms with Crippen LogP contribution in [-0.2, 0) is 19.0 Å². The minimum atomic E-state index is -1.64. The van der Waals surface area contributed by atoms with Crippen molar-refractivity contribution >= 4 is 6.47 Å². The SMILES string of the molecule is O=COc1cccc(O[C@@H]2O[C@H](CO[C@@H]3OC[C@@H](O)[C@H](O)[C@H]3O)[C@@H](O)[C@H](O)[C@H]2O)c1. The smallest absolute Gasteiger partial charge is 0.298 e. The molecule has 0 aromatic heterocycles. The lowest BCUT2D eigenvalue weighted by molar-refractivity contribution is -0.307. The van der Waals surface area contributed by atoms with Crippen molar-refractivity contribution < 1.29 is 59.1 Å². The van der Waals surface area contributed by atoms with Gasteiger partial charge in [-0.15, -0.1) is 0 Å². The molecule has 2 saturated heterocycles. The summed E-state index contributed by atoms with van der Waals surface area (Å²) in [5.74, 6) is 0.335. The Morgan fingerprint density at radius 2 is 1.63 bits per heavy atom. The van der Waals surface area contributed by atoms with E-state index >= 15 is 0 Å². The predicted octanol–water partition coefficient (Wildman–Crippen LogP) is -3.14. The topological polar surface area (TPSA) is 185 Å². The number of aliphatic hydroxyl groups excluding tert-OH is 6. The fraction of sp³-hybridized carbons (Fsp3) is 0.611. The summed E-state index contributed by atoms with van der Waals surface area (Å²) in [5.41, 5.74) is 0. The van der Waals surface area contributed by atoms with Gasteiger partial charge in [0, 0.05) is 6.07 Å². The Labute approximate surface area is 170 Å². The van der Waals surface area contributed by atoms with E-state index in [2.05, 4.69) is 0 Å². The summed E-state index contributed by atoms with van der Waals surface area (Å²) in [7, 11) is 0. The van der Waals surface area contributed by atoms with Crippen molar-refractivity contribution in [2.45, 2.75) is 55.3 Å². The monoisotopic (exact) mass is 432 g/mol. The molecular formula is C18H24O12. The third-order valence-electron chi connectivity index (χ3n) is 4.79. The highest BCUT2D eigenvalue weighted by atomic mass is 16.7. The standard InChI is InChI=1S/C18H24O12/c19-7-28-8-2-1-3-9(4-8)29-18-16(25)14(23)13(22)11(30-18)6-27-17-15(24)12(21)10(20)5-26-17/h1-4,7,10-18,20-25H,5-6H2/t10-,11-,12+,13-,14+,15-,16-,17+,18-/m1/s1. The van der Waals surface area contributed by atoms with Crippen molar-refractivity contribution in [3.63, 3.8) is 0 Å². The van der Waals surface area contributed by atoms with Crippen LogP contribution < -0.4 is 9.47 Å². The van der Waals surface area contributed by atoms with Crippen LogP contribution in [0.15, 0.2) is 24.3 Å². The highest BCUT2D eigenvalue weighted by molar-refractivity contribution is 5.46. The summed E-state index contributed by atoms with van der Waals surface area (Å²) in [6, 6.07) is 5.87. The Hall–Kier alpha value is -1.87. The maximum atomic E-state index is 10.5. The molecule has 1 aromatic rings. The van der Waals surface area contributed by atoms with Crippen LogP contribution in [0.5, 0.6) is 11.5 Å². The van der Waals surface area contributed by atoms with E-state index in [1.165, 1.54) is 24.3 Å². The molecule has 0 aliphatic carbocycles. The fourth-order valence-electron chi connectivity index (χ4n) is 3.08. The Balaban J connectivity index is 1.63. The number of benzene rings is 1. The van der Waals surface area contributed by atoms with Crippen LogP contribution in [-0.4, -0.2) is 106 Å². The van der Waals surface area contributed by atoms with Crippen LogP contribution in [0.25, 0.3) is 0 Å². The molecule has 0 bridgehead atoms. The van der Waals surface area contributed by atoms with Gasteiger partial charge in [0.1, 0.15) is 54.2 Å². The zero-order chi connectivity index (χ0) is 21.8. The lowest BCUT2D eigenvalue weighted by Crippen LogP contribution is -2.61. The molecule has 0 saturated carbocycles. The number of carbonyl (C=O) groups excluding carboxylic acids is 1. The summed E-state index contributed by atoms with van der Waals surface area (Å²) < 4.78 is 26.1. The minimum Gasteiger partial charge on any atom is -0.462 e. The quantitative estimate of drug-likeness (QED) is 0.238. The van der Waals surface area contributed by atoms with E-state index in [1.807, 2.05) is 0 Å². The second-order valence-electron chi connectivity index (χ2n) is 6.91. The van der Waals surface area contributed by atoms with Gasteiger partial charge in [0.15, 0.2) is 6.29 Å². The van der Waals surface area contributed by atoms with E-state index in [0.29, 0.717) is 0 Å². The molecule has 2 aliphatic heterocycles. The number of rotatable bonds is 7. The molecular weight excluding hydrogens is 408 g/mol. The third-order valence-corrected chi connectivity index (χ3v) is 4.79. The Morgan fingerprint density at radius 3 is 2.37 bits per heavy atom. The number of aliphatic hydroxyl groups is 6. The summed E-state index contributed by atoms with van der Waals surface area (Å²) in [6.07, 6.45) is -13.0. The van der Waals surface area contributed by atoms with Gasteiger partial charge < -0.3 is 54.3 Å². The Bertz CT molecular complexity index is 701. The number of carbonyl (C=O) groups is 1. The number of hydrogen-bond donors (Lipinski definition) is 6. The first-order valence-corrected chi connectivity index (χ1v) is 9.16. The summed E-state index contributed by atoms with van der Waals surface area (Å²) in [5, 5.41) is 59.5. The average Bonchev–Trinajstić information content (AvgIpc) is 2.73. The van der Waals surface area contributed by atoms with Crippen LogP contribution >= 0.6 is 0 Å². The van der Waals surface area contributed by atoms with Gasteiger partial charge in [0.25, 0.3) is 6.47 Å². The molecule has 3 rings (SSSR count). The van der Waals surface area contributed by atoms with Gasteiger partial charge in [-0.2, -0.15) is 0 Å². The van der Waals surface area contributed by atoms with E-state index in [0.717, 1.165) is 0 Å². The van der Waals surface area contributed by atoms with Crippen molar-refractivity contribution in [1.29, 1.82) is 0 Å². The van der Waals surface area contributed by atoms with Gasteiger partial charge in [-0.3, -0.25) is 4.79 Å². The lowest BCUT2D eigenvalue weighted by Gasteiger charge is -2.41. The highest BCUT2D eigenvalue weighted by Gasteiger charge is 2.46. The molecule has 1 aromatic carbocycles. The van der Waals surface area contributed by atoms with E-state index < -0.39 is 61.9 Å². The summed E-state index contributed by atoms with van der Waals surface area (Å²) >= 11 is 0. The molecule has 12 nitrogen and oxygen atoms in total. The molecule has 2 heterocycles. The van der Waals surface area contributed by atoms with Crippen molar-refractivity contribution in [1.82, 2.24) is 0 Å². The zero-order valence-electron chi connectivity index (χ0n) is 15.6. The molecule has 0 spiro atoms. The first-order valence-electron chi connectivity index (χ1n) is 9.16. The van der Waals surface area contributed by atoms with Crippen LogP contribution in [0, 0.1) is 0 Å². The van der Waals surface area contributed by atoms with E-state index in [-0.39, 0.29) is 24.6 Å². The Kier molecular flexibility index (Phi) is 7.57. The summed E-state index contributed by atoms with van der Waals surface area (Å²) in [4.78, 5) is 10.5. The average molecular weight is 432 g/mol. The van der Waals surface area contributed by atoms with Crippen LogP contribution in [0.3, 0.4) is 0 Å². The maximum Gasteiger partial charge on any atom is 0.298 e. The van der Waals surface area contributed by atoms with Crippen LogP contribution in [0.2, 0.25) is 0 Å². The normalized spacial score (nSPS) is 39.3. The second-order valence-corrected chi connectivity index (χ2v) is 6.91. The molecule has 2 fully saturated rings. The van der Waals surface area contributed by atoms with Crippen molar-refractivity contribution in [3.05, 3.63) is 24.3 Å². The number of hydrogen-bond acceptors (Lipinski definition) is 12. The van der Waals surface area contributed by atoms with Crippen molar-refractivity contribution in [3.8, 4) is 11.5 Å². The van der Waals surface area contributed by atoms with Crippen LogP contribution in [0.1, 0.15) is 0 Å². The van der Waals surface area contributed by atoms with E-state index in [1.54, 1.807) is 0 Å². The van der Waals surface area contributed by atoms with E-state index in [4.69, 9.17) is 23.7 Å². The predicted molar refractivity (Wildman–Crippen MR) is 94.2 cm³/mol. The fourth-order valence-corrected chi connectivity index (χ4v) is 3.08. The summed E-state index contributed by atoms with van der Waals surface area (Å²) in [6.45, 7) is -0.441. The van der Waals surface area contributed by atoms with Gasteiger partial charge in [0.05, 0.1) is 13.2 Å². The molecule has 30 heavy (non-hydrogen) atoms. The first kappa shape index (κ1) is 22.8. The second kappa shape index (κ2) is 9.96. The number of ether oxygens (including phenoxy) is 5. The van der Waals surface area contributed by atoms with Gasteiger partial charge in [-0.05, 0) is 12.1 Å². The van der Waals surface area contributed by atoms with Gasteiger partial charge in [-0.1, -0.05) is 6.07 Å². The van der Waals surface area contributed by atoms with Gasteiger partial charge in [-0.25, -0.2) is 0 Å². The largest absolute Gasteiger partial charge is 0.462 e. The molecule has 6 N–H and O–H groups in total. The maximum absolute atomic E-state index is 10.5. The zero-order valence-corrected chi connectivity index (χ0v) is 15.6. The van der Waals surface area contributed by atoms with Crippen molar-refractivity contribution in [2.75, 3.05) is 13.2 Å². The molecule has 0 amide bonds. The molecule has 2 aliphatic rings. The van der Waals surface area contributed by atoms with Crippen LogP contribution in [0.4, 0.5) is 0 Å². The molecule has 168 valence electrons. The third kappa shape index (κ3) is 5.06. The highest BCUT2D eigenvalue weighted by Crippen LogP contribution is 2.27. The molecule has 0 unspecified atom stereocenters. The Morgan fingerprint density at radius 1 is 0.933 bits per heavy atom. The molecule has 9 atom stereocenters. The molecule has 0 radical (unpaired) electrons. The van der Waals surface area contributed by atoms with Gasteiger partial charge in [0.2, 0.25) is 6.29 Å². The minimum absolute atomic E-state index is 0.157. The molecule has 12 heteroatoms. The lowest BCUT2D eigenvalue weighted by atomic mass is 9.99. The van der Waals surface area contributed by atoms with Gasteiger partial charge >= 0.3 is 0 Å².